The van der Waals surface area contributed by atoms with Crippen molar-refractivity contribution in [1.82, 2.24) is 15.1 Å². The molecular weight excluding hydrogens is 282 g/mol. The number of carbonyl (C=O) groups excluding carboxylic acids is 1. The van der Waals surface area contributed by atoms with Gasteiger partial charge in [-0.25, -0.2) is 0 Å². The van der Waals surface area contributed by atoms with E-state index in [4.69, 9.17) is 4.42 Å². The van der Waals surface area contributed by atoms with Crippen LogP contribution in [0.5, 0.6) is 0 Å². The normalized spacial score (nSPS) is 20.3. The van der Waals surface area contributed by atoms with Gasteiger partial charge >= 0.3 is 0 Å². The Labute approximate surface area is 130 Å². The van der Waals surface area contributed by atoms with Crippen molar-refractivity contribution in [3.63, 3.8) is 0 Å². The van der Waals surface area contributed by atoms with Crippen molar-refractivity contribution < 1.29 is 14.3 Å². The highest BCUT2D eigenvalue weighted by atomic mass is 16.4. The number of carbonyl (C=O) groups is 1. The Morgan fingerprint density at radius 1 is 1.32 bits per heavy atom. The fourth-order valence-corrected chi connectivity index (χ4v) is 3.12. The molecular formula is C16H25N3O3. The first kappa shape index (κ1) is 15.5. The monoisotopic (exact) mass is 307 g/mol. The second kappa shape index (κ2) is 6.77. The molecule has 1 aromatic heterocycles. The van der Waals surface area contributed by atoms with Gasteiger partial charge in [-0.15, -0.1) is 10.2 Å². The molecule has 0 aromatic carbocycles. The topological polar surface area (TPSA) is 79.5 Å². The Kier molecular flexibility index (Phi) is 4.76. The lowest BCUT2D eigenvalue weighted by atomic mass is 10.1. The maximum atomic E-state index is 12.1. The number of hydrogen-bond acceptors (Lipinski definition) is 5. The SMILES string of the molecule is CN(CC(O)C1CC1)C(=O)CCc1nnc(C2CCCC2)o1. The lowest BCUT2D eigenvalue weighted by Gasteiger charge is -2.20. The van der Waals surface area contributed by atoms with Gasteiger partial charge in [0.25, 0.3) is 0 Å². The first-order chi connectivity index (χ1) is 10.6. The number of aliphatic hydroxyl groups is 1. The molecule has 1 amide bonds. The third-order valence-corrected chi connectivity index (χ3v) is 4.79. The summed E-state index contributed by atoms with van der Waals surface area (Å²) in [7, 11) is 1.74. The van der Waals surface area contributed by atoms with Crippen molar-refractivity contribution in [1.29, 1.82) is 0 Å². The molecule has 1 unspecified atom stereocenters. The predicted octanol–water partition coefficient (Wildman–Crippen LogP) is 1.89. The van der Waals surface area contributed by atoms with E-state index >= 15 is 0 Å². The average Bonchev–Trinajstić information content (AvgIpc) is 3.02. The molecule has 0 radical (unpaired) electrons. The zero-order valence-corrected chi connectivity index (χ0v) is 13.2. The summed E-state index contributed by atoms with van der Waals surface area (Å²) in [5.41, 5.74) is 0. The fraction of sp³-hybridized carbons (Fsp3) is 0.812. The summed E-state index contributed by atoms with van der Waals surface area (Å²) < 4.78 is 5.68. The number of nitrogens with zero attached hydrogens (tertiary/aromatic N) is 3. The molecule has 2 aliphatic carbocycles. The van der Waals surface area contributed by atoms with Gasteiger partial charge in [-0.05, 0) is 31.6 Å². The van der Waals surface area contributed by atoms with Gasteiger partial charge in [-0.2, -0.15) is 0 Å². The van der Waals surface area contributed by atoms with Gasteiger partial charge in [-0.3, -0.25) is 4.79 Å². The fourth-order valence-electron chi connectivity index (χ4n) is 3.12. The average molecular weight is 307 g/mol. The number of aliphatic hydroxyl groups excluding tert-OH is 1. The maximum Gasteiger partial charge on any atom is 0.222 e. The van der Waals surface area contributed by atoms with E-state index in [0.29, 0.717) is 37.1 Å². The van der Waals surface area contributed by atoms with Crippen molar-refractivity contribution in [2.75, 3.05) is 13.6 Å². The minimum atomic E-state index is -0.383. The minimum Gasteiger partial charge on any atom is -0.425 e. The second-order valence-corrected chi connectivity index (χ2v) is 6.69. The summed E-state index contributed by atoms with van der Waals surface area (Å²) >= 11 is 0. The van der Waals surface area contributed by atoms with E-state index in [1.165, 1.54) is 12.8 Å². The summed E-state index contributed by atoms with van der Waals surface area (Å²) in [6.07, 6.45) is 7.31. The Morgan fingerprint density at radius 2 is 2.05 bits per heavy atom. The molecule has 1 heterocycles. The third-order valence-electron chi connectivity index (χ3n) is 4.79. The molecule has 1 N–H and O–H groups in total. The number of rotatable bonds is 7. The first-order valence-corrected chi connectivity index (χ1v) is 8.38. The molecule has 0 spiro atoms. The van der Waals surface area contributed by atoms with Crippen molar-refractivity contribution >= 4 is 5.91 Å². The van der Waals surface area contributed by atoms with E-state index in [2.05, 4.69) is 10.2 Å². The van der Waals surface area contributed by atoms with E-state index in [0.717, 1.165) is 31.6 Å². The predicted molar refractivity (Wildman–Crippen MR) is 80.2 cm³/mol. The van der Waals surface area contributed by atoms with Crippen LogP contribution in [0, 0.1) is 5.92 Å². The Bertz CT molecular complexity index is 506. The van der Waals surface area contributed by atoms with E-state index < -0.39 is 0 Å². The maximum absolute atomic E-state index is 12.1. The van der Waals surface area contributed by atoms with Crippen LogP contribution in [0.1, 0.15) is 62.6 Å². The van der Waals surface area contributed by atoms with Crippen molar-refractivity contribution in [2.24, 2.45) is 5.92 Å². The highest BCUT2D eigenvalue weighted by Crippen LogP contribution is 2.33. The number of amides is 1. The molecule has 2 aliphatic rings. The summed E-state index contributed by atoms with van der Waals surface area (Å²) in [4.78, 5) is 13.7. The van der Waals surface area contributed by atoms with Gasteiger partial charge in [-0.1, -0.05) is 12.8 Å². The third kappa shape index (κ3) is 3.85. The molecule has 3 rings (SSSR count). The number of hydrogen-bond donors (Lipinski definition) is 1. The van der Waals surface area contributed by atoms with Crippen LogP contribution in [0.15, 0.2) is 4.42 Å². The van der Waals surface area contributed by atoms with Gasteiger partial charge in [0.15, 0.2) is 0 Å². The van der Waals surface area contributed by atoms with Crippen molar-refractivity contribution in [3.05, 3.63) is 11.8 Å². The van der Waals surface area contributed by atoms with Gasteiger partial charge in [0.2, 0.25) is 17.7 Å². The lowest BCUT2D eigenvalue weighted by Crippen LogP contribution is -2.35. The van der Waals surface area contributed by atoms with Crippen LogP contribution in [-0.2, 0) is 11.2 Å². The molecule has 0 saturated heterocycles. The molecule has 6 nitrogen and oxygen atoms in total. The Hall–Kier alpha value is -1.43. The summed E-state index contributed by atoms with van der Waals surface area (Å²) in [6, 6.07) is 0. The molecule has 6 heteroatoms. The Morgan fingerprint density at radius 3 is 2.73 bits per heavy atom. The minimum absolute atomic E-state index is 0.0142. The van der Waals surface area contributed by atoms with E-state index in [1.54, 1.807) is 11.9 Å². The van der Waals surface area contributed by atoms with Crippen molar-refractivity contribution in [2.45, 2.75) is 63.4 Å². The van der Waals surface area contributed by atoms with Gasteiger partial charge < -0.3 is 14.4 Å². The zero-order valence-electron chi connectivity index (χ0n) is 13.2. The molecule has 22 heavy (non-hydrogen) atoms. The number of aryl methyl sites for hydroxylation is 1. The standard InChI is InChI=1S/C16H25N3O3/c1-19(10-13(20)11-6-7-11)15(21)9-8-14-17-18-16(22-14)12-4-2-3-5-12/h11-13,20H,2-10H2,1H3. The summed E-state index contributed by atoms with van der Waals surface area (Å²) in [6.45, 7) is 0.417. The molecule has 122 valence electrons. The molecule has 1 atom stereocenters. The van der Waals surface area contributed by atoms with Crippen LogP contribution in [-0.4, -0.2) is 45.8 Å². The molecule has 2 saturated carbocycles. The second-order valence-electron chi connectivity index (χ2n) is 6.69. The molecule has 2 fully saturated rings. The van der Waals surface area contributed by atoms with Gasteiger partial charge in [0, 0.05) is 32.4 Å². The molecule has 1 aromatic rings. The van der Waals surface area contributed by atoms with Crippen LogP contribution < -0.4 is 0 Å². The number of aromatic nitrogens is 2. The van der Waals surface area contributed by atoms with Crippen LogP contribution in [0.3, 0.4) is 0 Å². The van der Waals surface area contributed by atoms with Gasteiger partial charge in [0.05, 0.1) is 6.10 Å². The van der Waals surface area contributed by atoms with E-state index in [9.17, 15) is 9.90 Å². The van der Waals surface area contributed by atoms with Crippen molar-refractivity contribution in [3.8, 4) is 0 Å². The van der Waals surface area contributed by atoms with Gasteiger partial charge in [0.1, 0.15) is 0 Å². The van der Waals surface area contributed by atoms with Crippen LogP contribution in [0.2, 0.25) is 0 Å². The summed E-state index contributed by atoms with van der Waals surface area (Å²) in [5.74, 6) is 2.10. The lowest BCUT2D eigenvalue weighted by molar-refractivity contribution is -0.131. The highest BCUT2D eigenvalue weighted by Gasteiger charge is 2.31. The van der Waals surface area contributed by atoms with E-state index in [-0.39, 0.29) is 12.0 Å². The largest absolute Gasteiger partial charge is 0.425 e. The van der Waals surface area contributed by atoms with Crippen LogP contribution in [0.25, 0.3) is 0 Å². The smallest absolute Gasteiger partial charge is 0.222 e. The first-order valence-electron chi connectivity index (χ1n) is 8.38. The molecule has 0 bridgehead atoms. The van der Waals surface area contributed by atoms with Crippen LogP contribution in [0.4, 0.5) is 0 Å². The van der Waals surface area contributed by atoms with E-state index in [1.807, 2.05) is 0 Å². The quantitative estimate of drug-likeness (QED) is 0.832. The Balaban J connectivity index is 1.43. The van der Waals surface area contributed by atoms with Crippen LogP contribution >= 0.6 is 0 Å². The zero-order chi connectivity index (χ0) is 15.5. The molecule has 0 aliphatic heterocycles. The highest BCUT2D eigenvalue weighted by molar-refractivity contribution is 5.76. The summed E-state index contributed by atoms with van der Waals surface area (Å²) in [5, 5.41) is 18.1. The number of likely N-dealkylation sites (N-methyl/N-ethyl adjacent to an activating group) is 1.